The molecule has 0 spiro atoms. The van der Waals surface area contributed by atoms with Crippen molar-refractivity contribution in [2.24, 2.45) is 0 Å². The van der Waals surface area contributed by atoms with Crippen LogP contribution in [0.2, 0.25) is 0 Å². The molecule has 2 rings (SSSR count). The summed E-state index contributed by atoms with van der Waals surface area (Å²) in [5, 5.41) is 0. The van der Waals surface area contributed by atoms with Crippen LogP contribution in [-0.4, -0.2) is 27.4 Å². The van der Waals surface area contributed by atoms with Gasteiger partial charge in [-0.3, -0.25) is 0 Å². The van der Waals surface area contributed by atoms with E-state index < -0.39 is 5.79 Å². The maximum Gasteiger partial charge on any atom is 0.198 e. The van der Waals surface area contributed by atoms with Crippen molar-refractivity contribution in [3.8, 4) is 11.5 Å². The number of hydrogen-bond acceptors (Lipinski definition) is 4. The van der Waals surface area contributed by atoms with Crippen LogP contribution in [0.5, 0.6) is 11.5 Å². The second-order valence-corrected chi connectivity index (χ2v) is 3.87. The highest BCUT2D eigenvalue weighted by molar-refractivity contribution is 5.43. The summed E-state index contributed by atoms with van der Waals surface area (Å²) in [7, 11) is 3.28. The van der Waals surface area contributed by atoms with Crippen LogP contribution in [0.3, 0.4) is 0 Å². The fraction of sp³-hybridized carbons (Fsp3) is 0.538. The van der Waals surface area contributed by atoms with E-state index in [-0.39, 0.29) is 0 Å². The predicted molar refractivity (Wildman–Crippen MR) is 63.4 cm³/mol. The van der Waals surface area contributed by atoms with Crippen molar-refractivity contribution in [1.29, 1.82) is 0 Å². The average Bonchev–Trinajstić information content (AvgIpc) is 2.88. The Morgan fingerprint density at radius 2 is 1.88 bits per heavy atom. The zero-order chi connectivity index (χ0) is 12.3. The molecule has 94 valence electrons. The summed E-state index contributed by atoms with van der Waals surface area (Å²) in [4.78, 5) is 0. The number of benzene rings is 1. The minimum absolute atomic E-state index is 0.605. The van der Waals surface area contributed by atoms with E-state index in [1.165, 1.54) is 0 Å². The summed E-state index contributed by atoms with van der Waals surface area (Å²) in [5.74, 6) is 0.835. The quantitative estimate of drug-likeness (QED) is 0.806. The lowest BCUT2D eigenvalue weighted by molar-refractivity contribution is -0.168. The molecule has 1 aliphatic rings. The Kier molecular flexibility index (Phi) is 3.54. The van der Waals surface area contributed by atoms with E-state index in [4.69, 9.17) is 18.9 Å². The fourth-order valence-electron chi connectivity index (χ4n) is 2.12. The van der Waals surface area contributed by atoms with Gasteiger partial charge < -0.3 is 18.9 Å². The molecule has 0 saturated carbocycles. The highest BCUT2D eigenvalue weighted by atomic mass is 16.7. The third-order valence-corrected chi connectivity index (χ3v) is 3.04. The summed E-state index contributed by atoms with van der Waals surface area (Å²) >= 11 is 0. The smallest absolute Gasteiger partial charge is 0.198 e. The van der Waals surface area contributed by atoms with Crippen LogP contribution in [0.15, 0.2) is 18.2 Å². The molecular formula is C13H18O4. The first kappa shape index (κ1) is 12.2. The summed E-state index contributed by atoms with van der Waals surface area (Å²) < 4.78 is 22.1. The van der Waals surface area contributed by atoms with E-state index in [1.807, 2.05) is 25.1 Å². The van der Waals surface area contributed by atoms with E-state index in [0.717, 1.165) is 23.5 Å². The first-order valence-corrected chi connectivity index (χ1v) is 5.76. The van der Waals surface area contributed by atoms with Crippen LogP contribution in [0.1, 0.15) is 18.9 Å². The van der Waals surface area contributed by atoms with Crippen molar-refractivity contribution in [3.05, 3.63) is 23.8 Å². The third-order valence-electron chi connectivity index (χ3n) is 3.04. The Labute approximate surface area is 101 Å². The van der Waals surface area contributed by atoms with Crippen molar-refractivity contribution >= 4 is 0 Å². The summed E-state index contributed by atoms with van der Waals surface area (Å²) in [6.07, 6.45) is 0.733. The van der Waals surface area contributed by atoms with E-state index in [9.17, 15) is 0 Å². The standard InChI is InChI=1S/C13H18O4/c1-4-13(16-7-8-17-13)11-9-10(14-2)5-6-12(11)15-3/h5-6,9H,4,7-8H2,1-3H3. The average molecular weight is 238 g/mol. The van der Waals surface area contributed by atoms with Gasteiger partial charge in [0.25, 0.3) is 0 Å². The van der Waals surface area contributed by atoms with Gasteiger partial charge in [-0.1, -0.05) is 6.92 Å². The van der Waals surface area contributed by atoms with Gasteiger partial charge in [-0.25, -0.2) is 0 Å². The van der Waals surface area contributed by atoms with Gasteiger partial charge in [0, 0.05) is 6.42 Å². The zero-order valence-electron chi connectivity index (χ0n) is 10.5. The molecule has 4 nitrogen and oxygen atoms in total. The van der Waals surface area contributed by atoms with Crippen molar-refractivity contribution in [1.82, 2.24) is 0 Å². The normalized spacial score (nSPS) is 18.1. The molecule has 0 unspecified atom stereocenters. The van der Waals surface area contributed by atoms with Crippen LogP contribution >= 0.6 is 0 Å². The predicted octanol–water partition coefficient (Wildman–Crippen LogP) is 2.31. The molecule has 17 heavy (non-hydrogen) atoms. The van der Waals surface area contributed by atoms with Gasteiger partial charge in [-0.2, -0.15) is 0 Å². The van der Waals surface area contributed by atoms with Crippen molar-refractivity contribution in [2.45, 2.75) is 19.1 Å². The molecule has 1 fully saturated rings. The van der Waals surface area contributed by atoms with Crippen molar-refractivity contribution < 1.29 is 18.9 Å². The lowest BCUT2D eigenvalue weighted by atomic mass is 10.0. The monoisotopic (exact) mass is 238 g/mol. The van der Waals surface area contributed by atoms with Crippen LogP contribution in [-0.2, 0) is 15.3 Å². The Balaban J connectivity index is 2.46. The van der Waals surface area contributed by atoms with Gasteiger partial charge >= 0.3 is 0 Å². The molecule has 0 amide bonds. The zero-order valence-corrected chi connectivity index (χ0v) is 10.5. The maximum absolute atomic E-state index is 5.76. The number of rotatable bonds is 4. The highest BCUT2D eigenvalue weighted by Crippen LogP contribution is 2.41. The minimum atomic E-state index is -0.695. The van der Waals surface area contributed by atoms with Crippen LogP contribution < -0.4 is 9.47 Å². The second kappa shape index (κ2) is 4.94. The summed E-state index contributed by atoms with van der Waals surface area (Å²) in [5.41, 5.74) is 0.888. The Morgan fingerprint density at radius 1 is 1.18 bits per heavy atom. The molecular weight excluding hydrogens is 220 g/mol. The first-order valence-electron chi connectivity index (χ1n) is 5.76. The van der Waals surface area contributed by atoms with Gasteiger partial charge in [-0.05, 0) is 18.2 Å². The molecule has 0 N–H and O–H groups in total. The van der Waals surface area contributed by atoms with Gasteiger partial charge in [0.1, 0.15) is 11.5 Å². The fourth-order valence-corrected chi connectivity index (χ4v) is 2.12. The molecule has 1 aromatic carbocycles. The van der Waals surface area contributed by atoms with Crippen LogP contribution in [0.25, 0.3) is 0 Å². The molecule has 0 radical (unpaired) electrons. The lowest BCUT2D eigenvalue weighted by Gasteiger charge is -2.28. The summed E-state index contributed by atoms with van der Waals surface area (Å²) in [6, 6.07) is 5.64. The summed E-state index contributed by atoms with van der Waals surface area (Å²) in [6.45, 7) is 3.24. The van der Waals surface area contributed by atoms with Crippen molar-refractivity contribution in [3.63, 3.8) is 0 Å². The number of ether oxygens (including phenoxy) is 4. The van der Waals surface area contributed by atoms with Gasteiger partial charge in [0.15, 0.2) is 5.79 Å². The Morgan fingerprint density at radius 3 is 2.41 bits per heavy atom. The molecule has 0 aromatic heterocycles. The SMILES string of the molecule is CCC1(c2cc(OC)ccc2OC)OCCO1. The molecule has 4 heteroatoms. The number of methoxy groups -OCH3 is 2. The van der Waals surface area contributed by atoms with E-state index in [1.54, 1.807) is 14.2 Å². The molecule has 0 aliphatic carbocycles. The highest BCUT2D eigenvalue weighted by Gasteiger charge is 2.39. The van der Waals surface area contributed by atoms with Crippen molar-refractivity contribution in [2.75, 3.05) is 27.4 Å². The third kappa shape index (κ3) is 2.10. The van der Waals surface area contributed by atoms with Crippen LogP contribution in [0, 0.1) is 0 Å². The molecule has 1 aliphatic heterocycles. The molecule has 1 heterocycles. The van der Waals surface area contributed by atoms with Gasteiger partial charge in [0.2, 0.25) is 0 Å². The minimum Gasteiger partial charge on any atom is -0.497 e. The molecule has 0 atom stereocenters. The van der Waals surface area contributed by atoms with Crippen LogP contribution in [0.4, 0.5) is 0 Å². The maximum atomic E-state index is 5.76. The number of hydrogen-bond donors (Lipinski definition) is 0. The topological polar surface area (TPSA) is 36.9 Å². The Hall–Kier alpha value is -1.26. The lowest BCUT2D eigenvalue weighted by Crippen LogP contribution is -2.26. The van der Waals surface area contributed by atoms with Gasteiger partial charge in [-0.15, -0.1) is 0 Å². The Bertz CT molecular complexity index is 383. The molecule has 1 aromatic rings. The molecule has 0 bridgehead atoms. The van der Waals surface area contributed by atoms with E-state index >= 15 is 0 Å². The molecule has 1 saturated heterocycles. The largest absolute Gasteiger partial charge is 0.497 e. The van der Waals surface area contributed by atoms with E-state index in [0.29, 0.717) is 13.2 Å². The van der Waals surface area contributed by atoms with Gasteiger partial charge in [0.05, 0.1) is 33.0 Å². The first-order chi connectivity index (χ1) is 8.25. The second-order valence-electron chi connectivity index (χ2n) is 3.87. The van der Waals surface area contributed by atoms with E-state index in [2.05, 4.69) is 0 Å².